The van der Waals surface area contributed by atoms with Crippen molar-refractivity contribution >= 4 is 12.6 Å². The Kier molecular flexibility index (Phi) is 5.29. The van der Waals surface area contributed by atoms with Crippen LogP contribution in [-0.2, 0) is 27.2 Å². The van der Waals surface area contributed by atoms with Gasteiger partial charge in [0.15, 0.2) is 0 Å². The third kappa shape index (κ3) is 3.73. The first-order chi connectivity index (χ1) is 12.2. The van der Waals surface area contributed by atoms with Gasteiger partial charge in [-0.15, -0.1) is 0 Å². The molecule has 1 aliphatic heterocycles. The predicted octanol–water partition coefficient (Wildman–Crippen LogP) is 3.02. The first-order valence-corrected chi connectivity index (χ1v) is 9.22. The Balaban J connectivity index is 1.63. The van der Waals surface area contributed by atoms with Crippen LogP contribution in [0.1, 0.15) is 44.6 Å². The summed E-state index contributed by atoms with van der Waals surface area (Å²) in [6, 6.07) is 10.2. The molecule has 5 nitrogen and oxygen atoms in total. The average molecular weight is 356 g/mol. The summed E-state index contributed by atoms with van der Waals surface area (Å²) in [6.07, 6.45) is 0. The zero-order valence-electron chi connectivity index (χ0n) is 16.7. The van der Waals surface area contributed by atoms with Crippen molar-refractivity contribution < 1.29 is 14.0 Å². The summed E-state index contributed by atoms with van der Waals surface area (Å²) in [5.41, 5.74) is 3.54. The molecule has 0 N–H and O–H groups in total. The Labute approximate surface area is 156 Å². The third-order valence-electron chi connectivity index (χ3n) is 5.49. The monoisotopic (exact) mass is 356 g/mol. The van der Waals surface area contributed by atoms with Crippen LogP contribution in [0.25, 0.3) is 0 Å². The molecule has 0 atom stereocenters. The van der Waals surface area contributed by atoms with Gasteiger partial charge in [0.05, 0.1) is 36.7 Å². The number of benzene rings is 1. The molecule has 0 unspecified atom stereocenters. The van der Waals surface area contributed by atoms with Crippen molar-refractivity contribution in [1.29, 1.82) is 0 Å². The lowest BCUT2D eigenvalue weighted by molar-refractivity contribution is 0.00578. The van der Waals surface area contributed by atoms with E-state index in [9.17, 15) is 0 Å². The van der Waals surface area contributed by atoms with Gasteiger partial charge < -0.3 is 14.0 Å². The summed E-state index contributed by atoms with van der Waals surface area (Å²) in [5, 5.41) is 4.67. The molecule has 1 aromatic carbocycles. The molecule has 0 spiro atoms. The van der Waals surface area contributed by atoms with Crippen molar-refractivity contribution in [3.63, 3.8) is 0 Å². The Morgan fingerprint density at radius 1 is 1.04 bits per heavy atom. The van der Waals surface area contributed by atoms with E-state index in [1.807, 2.05) is 29.8 Å². The summed E-state index contributed by atoms with van der Waals surface area (Å²) < 4.78 is 20.2. The molecular weight excluding hydrogens is 327 g/mol. The normalized spacial score (nSPS) is 18.5. The van der Waals surface area contributed by atoms with Crippen LogP contribution in [0.4, 0.5) is 0 Å². The van der Waals surface area contributed by atoms with E-state index in [1.165, 1.54) is 5.56 Å². The molecule has 0 amide bonds. The summed E-state index contributed by atoms with van der Waals surface area (Å²) in [4.78, 5) is 0. The molecule has 0 radical (unpaired) electrons. The minimum atomic E-state index is -0.376. The molecule has 26 heavy (non-hydrogen) atoms. The maximum atomic E-state index is 6.20. The summed E-state index contributed by atoms with van der Waals surface area (Å²) in [7, 11) is -0.376. The maximum absolute atomic E-state index is 6.20. The van der Waals surface area contributed by atoms with E-state index >= 15 is 0 Å². The highest BCUT2D eigenvalue weighted by Crippen LogP contribution is 2.36. The zero-order valence-corrected chi connectivity index (χ0v) is 16.7. The van der Waals surface area contributed by atoms with Crippen LogP contribution >= 0.6 is 0 Å². The predicted molar refractivity (Wildman–Crippen MR) is 104 cm³/mol. The third-order valence-corrected chi connectivity index (χ3v) is 5.49. The summed E-state index contributed by atoms with van der Waals surface area (Å²) in [6.45, 7) is 14.3. The molecule has 1 saturated heterocycles. The molecule has 3 rings (SSSR count). The van der Waals surface area contributed by atoms with Gasteiger partial charge in [0.25, 0.3) is 0 Å². The van der Waals surface area contributed by atoms with E-state index in [-0.39, 0.29) is 18.3 Å². The molecule has 1 aliphatic rings. The molecular formula is C20H29BN2O3. The summed E-state index contributed by atoms with van der Waals surface area (Å²) in [5.74, 6) is 0. The average Bonchev–Trinajstić information content (AvgIpc) is 2.96. The highest BCUT2D eigenvalue weighted by Gasteiger charge is 2.53. The van der Waals surface area contributed by atoms with Crippen LogP contribution in [0.3, 0.4) is 0 Å². The maximum Gasteiger partial charge on any atom is 0.498 e. The lowest BCUT2D eigenvalue weighted by Gasteiger charge is -2.32. The van der Waals surface area contributed by atoms with E-state index in [4.69, 9.17) is 14.0 Å². The number of rotatable bonds is 6. The number of nitrogens with zero attached hydrogens (tertiary/aromatic N) is 2. The van der Waals surface area contributed by atoms with Crippen molar-refractivity contribution in [3.05, 3.63) is 47.3 Å². The number of aromatic nitrogens is 2. The van der Waals surface area contributed by atoms with Crippen LogP contribution < -0.4 is 5.46 Å². The van der Waals surface area contributed by atoms with Gasteiger partial charge >= 0.3 is 7.12 Å². The first kappa shape index (κ1) is 19.1. The van der Waals surface area contributed by atoms with Gasteiger partial charge in [0.2, 0.25) is 0 Å². The molecule has 1 fully saturated rings. The van der Waals surface area contributed by atoms with Crippen LogP contribution in [0, 0.1) is 13.8 Å². The van der Waals surface area contributed by atoms with Crippen molar-refractivity contribution in [1.82, 2.24) is 9.78 Å². The minimum absolute atomic E-state index is 0.350. The Hall–Kier alpha value is -1.63. The second kappa shape index (κ2) is 7.18. The van der Waals surface area contributed by atoms with Crippen molar-refractivity contribution in [3.8, 4) is 0 Å². The molecule has 6 heteroatoms. The van der Waals surface area contributed by atoms with E-state index in [2.05, 4.69) is 51.9 Å². The number of ether oxygens (including phenoxy) is 1. The second-order valence-corrected chi connectivity index (χ2v) is 7.93. The highest BCUT2D eigenvalue weighted by molar-refractivity contribution is 6.63. The topological polar surface area (TPSA) is 45.5 Å². The zero-order chi connectivity index (χ0) is 18.9. The molecule has 2 heterocycles. The van der Waals surface area contributed by atoms with Crippen LogP contribution in [0.15, 0.2) is 30.3 Å². The van der Waals surface area contributed by atoms with Crippen molar-refractivity contribution in [2.24, 2.45) is 0 Å². The lowest BCUT2D eigenvalue weighted by atomic mass is 9.77. The summed E-state index contributed by atoms with van der Waals surface area (Å²) >= 11 is 0. The molecule has 2 aromatic rings. The van der Waals surface area contributed by atoms with Crippen molar-refractivity contribution in [2.45, 2.75) is 65.9 Å². The van der Waals surface area contributed by atoms with Gasteiger partial charge in [-0.05, 0) is 47.1 Å². The number of hydrogen-bond donors (Lipinski definition) is 0. The van der Waals surface area contributed by atoms with E-state index < -0.39 is 0 Å². The van der Waals surface area contributed by atoms with Gasteiger partial charge in [0, 0.05) is 11.2 Å². The van der Waals surface area contributed by atoms with Gasteiger partial charge in [0.1, 0.15) is 0 Å². The first-order valence-electron chi connectivity index (χ1n) is 9.22. The van der Waals surface area contributed by atoms with Gasteiger partial charge in [-0.2, -0.15) is 5.10 Å². The Bertz CT molecular complexity index is 740. The molecule has 140 valence electrons. The smallest absolute Gasteiger partial charge is 0.399 e. The molecule has 1 aromatic heterocycles. The minimum Gasteiger partial charge on any atom is -0.399 e. The standard InChI is InChI=1S/C20H29BN2O3/c1-15-18(21-25-19(3,4)20(5,6)26-21)16(2)23(22-15)12-13-24-14-17-10-8-7-9-11-17/h7-11H,12-14H2,1-6H3. The van der Waals surface area contributed by atoms with Gasteiger partial charge in [-0.1, -0.05) is 30.3 Å². The molecule has 0 saturated carbocycles. The SMILES string of the molecule is Cc1nn(CCOCc2ccccc2)c(C)c1B1OC(C)(C)C(C)(C)O1. The largest absolute Gasteiger partial charge is 0.498 e. The quantitative estimate of drug-likeness (QED) is 0.590. The van der Waals surface area contributed by atoms with Crippen molar-refractivity contribution in [2.75, 3.05) is 6.61 Å². The fraction of sp³-hybridized carbons (Fsp3) is 0.550. The highest BCUT2D eigenvalue weighted by atomic mass is 16.7. The second-order valence-electron chi connectivity index (χ2n) is 7.93. The van der Waals surface area contributed by atoms with E-state index in [0.29, 0.717) is 19.8 Å². The van der Waals surface area contributed by atoms with Gasteiger partial charge in [-0.3, -0.25) is 4.68 Å². The Morgan fingerprint density at radius 3 is 2.27 bits per heavy atom. The fourth-order valence-corrected chi connectivity index (χ4v) is 3.15. The molecule has 0 bridgehead atoms. The number of hydrogen-bond acceptors (Lipinski definition) is 4. The van der Waals surface area contributed by atoms with Crippen LogP contribution in [0.5, 0.6) is 0 Å². The van der Waals surface area contributed by atoms with E-state index in [1.54, 1.807) is 0 Å². The van der Waals surface area contributed by atoms with E-state index in [0.717, 1.165) is 16.9 Å². The lowest BCUT2D eigenvalue weighted by Crippen LogP contribution is -2.41. The Morgan fingerprint density at radius 2 is 1.65 bits per heavy atom. The van der Waals surface area contributed by atoms with Gasteiger partial charge in [-0.25, -0.2) is 0 Å². The fourth-order valence-electron chi connectivity index (χ4n) is 3.15. The van der Waals surface area contributed by atoms with Crippen LogP contribution in [-0.4, -0.2) is 34.7 Å². The number of aryl methyl sites for hydroxylation is 1. The molecule has 0 aliphatic carbocycles. The van der Waals surface area contributed by atoms with Crippen LogP contribution in [0.2, 0.25) is 0 Å².